The lowest BCUT2D eigenvalue weighted by atomic mass is 10.2. The summed E-state index contributed by atoms with van der Waals surface area (Å²) in [4.78, 5) is 36.6. The fourth-order valence-electron chi connectivity index (χ4n) is 3.34. The second kappa shape index (κ2) is 8.81. The average molecular weight is 433 g/mol. The van der Waals surface area contributed by atoms with E-state index in [1.807, 2.05) is 36.4 Å². The van der Waals surface area contributed by atoms with Crippen molar-refractivity contribution in [3.63, 3.8) is 0 Å². The third kappa shape index (κ3) is 4.41. The summed E-state index contributed by atoms with van der Waals surface area (Å²) in [5.74, 6) is -0.203. The first kappa shape index (κ1) is 20.9. The Hall–Kier alpha value is -3.32. The molecule has 0 saturated carbocycles. The summed E-state index contributed by atoms with van der Waals surface area (Å²) in [5, 5.41) is 0.627. The van der Waals surface area contributed by atoms with Gasteiger partial charge in [-0.1, -0.05) is 54.7 Å². The lowest BCUT2D eigenvalue weighted by Crippen LogP contribution is -2.37. The van der Waals surface area contributed by atoms with Crippen molar-refractivity contribution in [2.24, 2.45) is 0 Å². The molecule has 0 N–H and O–H groups in total. The van der Waals surface area contributed by atoms with Crippen LogP contribution < -0.4 is 10.5 Å². The molecule has 31 heavy (non-hydrogen) atoms. The van der Waals surface area contributed by atoms with Crippen LogP contribution in [0.15, 0.2) is 59.7 Å². The fraction of sp³-hybridized carbons (Fsp3) is 0.250. The smallest absolute Gasteiger partial charge is 0.256 e. The van der Waals surface area contributed by atoms with Crippen molar-refractivity contribution in [1.29, 1.82) is 0 Å². The van der Waals surface area contributed by atoms with Crippen LogP contribution in [0.2, 0.25) is 0 Å². The van der Waals surface area contributed by atoms with Gasteiger partial charge in [-0.2, -0.15) is 0 Å². The molecule has 2 heterocycles. The summed E-state index contributed by atoms with van der Waals surface area (Å²) in [6, 6.07) is 16.0. The molecule has 6 nitrogen and oxygen atoms in total. The van der Waals surface area contributed by atoms with Gasteiger partial charge in [-0.05, 0) is 43.5 Å². The van der Waals surface area contributed by atoms with Gasteiger partial charge in [-0.25, -0.2) is 9.97 Å². The normalized spacial score (nSPS) is 11.1. The molecule has 1 amide bonds. The number of anilines is 1. The van der Waals surface area contributed by atoms with Gasteiger partial charge in [0, 0.05) is 11.3 Å². The number of aromatic nitrogens is 3. The van der Waals surface area contributed by atoms with Crippen molar-refractivity contribution in [2.45, 2.75) is 40.3 Å². The number of thiazole rings is 1. The molecule has 0 fully saturated rings. The number of hydrogen-bond acceptors (Lipinski definition) is 5. The van der Waals surface area contributed by atoms with Gasteiger partial charge >= 0.3 is 0 Å². The van der Waals surface area contributed by atoms with Crippen molar-refractivity contribution < 1.29 is 4.79 Å². The van der Waals surface area contributed by atoms with Crippen molar-refractivity contribution in [1.82, 2.24) is 14.5 Å². The number of aryl methyl sites for hydroxylation is 2. The van der Waals surface area contributed by atoms with E-state index in [9.17, 15) is 9.59 Å². The Balaban J connectivity index is 1.71. The predicted octanol–water partition coefficient (Wildman–Crippen LogP) is 4.27. The topological polar surface area (TPSA) is 68.1 Å². The molecule has 2 aromatic carbocycles. The molecule has 158 valence electrons. The summed E-state index contributed by atoms with van der Waals surface area (Å²) in [6.45, 7) is 5.93. The number of carbonyl (C=O) groups is 1. The molecule has 0 bridgehead atoms. The Morgan fingerprint density at radius 2 is 1.87 bits per heavy atom. The van der Waals surface area contributed by atoms with Crippen LogP contribution in [-0.4, -0.2) is 20.4 Å². The van der Waals surface area contributed by atoms with Crippen LogP contribution >= 0.6 is 11.3 Å². The van der Waals surface area contributed by atoms with E-state index in [-0.39, 0.29) is 18.0 Å². The number of amides is 1. The van der Waals surface area contributed by atoms with Crippen molar-refractivity contribution in [3.05, 3.63) is 87.6 Å². The lowest BCUT2D eigenvalue weighted by Gasteiger charge is -2.20. The minimum atomic E-state index is -0.203. The first-order chi connectivity index (χ1) is 15.0. The summed E-state index contributed by atoms with van der Waals surface area (Å²) in [6.07, 6.45) is 2.38. The summed E-state index contributed by atoms with van der Waals surface area (Å²) >= 11 is 1.49. The van der Waals surface area contributed by atoms with E-state index in [4.69, 9.17) is 4.98 Å². The number of fused-ring (bicyclic) bond motifs is 1. The zero-order valence-electron chi connectivity index (χ0n) is 17.8. The van der Waals surface area contributed by atoms with Gasteiger partial charge in [0.15, 0.2) is 5.13 Å². The van der Waals surface area contributed by atoms with Crippen LogP contribution in [-0.2, 0) is 24.3 Å². The number of nitrogens with zero attached hydrogens (tertiary/aromatic N) is 4. The van der Waals surface area contributed by atoms with Gasteiger partial charge < -0.3 is 0 Å². The number of hydrogen-bond donors (Lipinski definition) is 0. The molecule has 7 heteroatoms. The predicted molar refractivity (Wildman–Crippen MR) is 125 cm³/mol. The maximum absolute atomic E-state index is 13.4. The molecule has 0 unspecified atom stereocenters. The van der Waals surface area contributed by atoms with E-state index in [1.165, 1.54) is 27.8 Å². The maximum Gasteiger partial charge on any atom is 0.256 e. The van der Waals surface area contributed by atoms with E-state index in [0.717, 1.165) is 22.2 Å². The van der Waals surface area contributed by atoms with Crippen molar-refractivity contribution in [3.8, 4) is 0 Å². The highest BCUT2D eigenvalue weighted by atomic mass is 32.1. The minimum absolute atomic E-state index is 0.0874. The van der Waals surface area contributed by atoms with Crippen LogP contribution in [0.5, 0.6) is 0 Å². The summed E-state index contributed by atoms with van der Waals surface area (Å²) in [5.41, 5.74) is 4.13. The third-order valence-electron chi connectivity index (χ3n) is 5.39. The van der Waals surface area contributed by atoms with Crippen LogP contribution in [0.25, 0.3) is 10.2 Å². The van der Waals surface area contributed by atoms with E-state index < -0.39 is 0 Å². The maximum atomic E-state index is 13.4. The molecular formula is C24H24N4O2S. The van der Waals surface area contributed by atoms with Gasteiger partial charge in [0.1, 0.15) is 6.54 Å². The fourth-order valence-corrected chi connectivity index (χ4v) is 4.39. The number of carbonyl (C=O) groups excluding carboxylic acids is 1. The van der Waals surface area contributed by atoms with Gasteiger partial charge in [-0.15, -0.1) is 0 Å². The van der Waals surface area contributed by atoms with E-state index >= 15 is 0 Å². The molecule has 0 atom stereocenters. The Labute approximate surface area is 184 Å². The molecule has 4 aromatic rings. The Kier molecular flexibility index (Phi) is 5.95. The first-order valence-electron chi connectivity index (χ1n) is 10.2. The van der Waals surface area contributed by atoms with Crippen molar-refractivity contribution >= 4 is 32.6 Å². The number of benzene rings is 2. The standard InChI is InChI=1S/C24H24N4O2S/c1-4-18-10-11-20-21(12-18)31-24(26-20)28(13-19-8-6-5-7-9-19)22(29)14-27-15-25-17(3)16(2)23(27)30/h5-12,15H,4,13-14H2,1-3H3. The zero-order valence-corrected chi connectivity index (χ0v) is 18.6. The van der Waals surface area contributed by atoms with Gasteiger partial charge in [-0.3, -0.25) is 19.1 Å². The van der Waals surface area contributed by atoms with Crippen LogP contribution in [0.3, 0.4) is 0 Å². The van der Waals surface area contributed by atoms with E-state index in [1.54, 1.807) is 18.7 Å². The highest BCUT2D eigenvalue weighted by Crippen LogP contribution is 2.31. The van der Waals surface area contributed by atoms with Crippen LogP contribution in [0.4, 0.5) is 5.13 Å². The lowest BCUT2D eigenvalue weighted by molar-refractivity contribution is -0.119. The molecule has 2 aromatic heterocycles. The Bertz CT molecular complexity index is 1290. The highest BCUT2D eigenvalue weighted by molar-refractivity contribution is 7.22. The average Bonchev–Trinajstić information content (AvgIpc) is 3.21. The molecule has 0 aliphatic heterocycles. The third-order valence-corrected chi connectivity index (χ3v) is 6.43. The van der Waals surface area contributed by atoms with Gasteiger partial charge in [0.05, 0.1) is 23.1 Å². The summed E-state index contributed by atoms with van der Waals surface area (Å²) in [7, 11) is 0. The largest absolute Gasteiger partial charge is 0.289 e. The first-order valence-corrected chi connectivity index (χ1v) is 11.0. The SMILES string of the molecule is CCc1ccc2nc(N(Cc3ccccc3)C(=O)Cn3cnc(C)c(C)c3=O)sc2c1. The second-order valence-corrected chi connectivity index (χ2v) is 8.51. The molecule has 0 spiro atoms. The highest BCUT2D eigenvalue weighted by Gasteiger charge is 2.21. The van der Waals surface area contributed by atoms with Crippen molar-refractivity contribution in [2.75, 3.05) is 4.90 Å². The Morgan fingerprint density at radius 1 is 1.10 bits per heavy atom. The minimum Gasteiger partial charge on any atom is -0.289 e. The molecular weight excluding hydrogens is 408 g/mol. The second-order valence-electron chi connectivity index (χ2n) is 7.51. The van der Waals surface area contributed by atoms with Gasteiger partial charge in [0.2, 0.25) is 5.91 Å². The Morgan fingerprint density at radius 3 is 2.61 bits per heavy atom. The van der Waals surface area contributed by atoms with Gasteiger partial charge in [0.25, 0.3) is 5.56 Å². The van der Waals surface area contributed by atoms with E-state index in [0.29, 0.717) is 22.9 Å². The van der Waals surface area contributed by atoms with Crippen LogP contribution in [0.1, 0.15) is 29.3 Å². The molecule has 0 aliphatic rings. The molecule has 0 aliphatic carbocycles. The monoisotopic (exact) mass is 432 g/mol. The summed E-state index contributed by atoms with van der Waals surface area (Å²) < 4.78 is 2.41. The number of rotatable bonds is 6. The molecule has 0 saturated heterocycles. The molecule has 0 radical (unpaired) electrons. The quantitative estimate of drug-likeness (QED) is 0.456. The van der Waals surface area contributed by atoms with Crippen LogP contribution in [0, 0.1) is 13.8 Å². The zero-order chi connectivity index (χ0) is 22.0. The van der Waals surface area contributed by atoms with E-state index in [2.05, 4.69) is 24.0 Å². The molecule has 4 rings (SSSR count).